The van der Waals surface area contributed by atoms with Crippen molar-refractivity contribution in [1.29, 1.82) is 0 Å². The van der Waals surface area contributed by atoms with E-state index in [0.717, 1.165) is 4.90 Å². The van der Waals surface area contributed by atoms with Crippen LogP contribution in [-0.4, -0.2) is 43.7 Å². The molecule has 21 heavy (non-hydrogen) atoms. The smallest absolute Gasteiger partial charge is 0.261 e. The molecule has 2 aromatic rings. The number of hydrogen-bond donors (Lipinski definition) is 1. The number of rotatable bonds is 4. The molecule has 0 atom stereocenters. The Balaban J connectivity index is 1.79. The molecule has 1 aromatic heterocycles. The van der Waals surface area contributed by atoms with Crippen LogP contribution in [0.2, 0.25) is 0 Å². The summed E-state index contributed by atoms with van der Waals surface area (Å²) in [7, 11) is 0. The van der Waals surface area contributed by atoms with Gasteiger partial charge in [0.05, 0.1) is 36.3 Å². The fourth-order valence-electron chi connectivity index (χ4n) is 2.27. The van der Waals surface area contributed by atoms with Crippen LogP contribution in [0.1, 0.15) is 20.7 Å². The first-order valence-electron chi connectivity index (χ1n) is 6.31. The minimum Gasteiger partial charge on any atom is -0.411 e. The molecule has 7 heteroatoms. The van der Waals surface area contributed by atoms with E-state index in [4.69, 9.17) is 5.21 Å². The Morgan fingerprint density at radius 1 is 1.14 bits per heavy atom. The summed E-state index contributed by atoms with van der Waals surface area (Å²) in [6.45, 7) is 0.199. The van der Waals surface area contributed by atoms with Gasteiger partial charge in [0, 0.05) is 12.4 Å². The van der Waals surface area contributed by atoms with Crippen molar-refractivity contribution in [3.8, 4) is 0 Å². The third-order valence-electron chi connectivity index (χ3n) is 3.28. The van der Waals surface area contributed by atoms with Crippen LogP contribution in [-0.2, 0) is 6.54 Å². The van der Waals surface area contributed by atoms with E-state index in [1.807, 2.05) is 0 Å². The zero-order valence-corrected chi connectivity index (χ0v) is 11.0. The Morgan fingerprint density at radius 2 is 1.81 bits per heavy atom. The minimum absolute atomic E-state index is 0.0545. The number of fused-ring (bicyclic) bond motifs is 1. The summed E-state index contributed by atoms with van der Waals surface area (Å²) in [6.07, 6.45) is 4.86. The second-order valence-corrected chi connectivity index (χ2v) is 4.64. The number of amides is 2. The number of aromatic nitrogens is 2. The lowest BCUT2D eigenvalue weighted by atomic mass is 10.1. The maximum Gasteiger partial charge on any atom is 0.261 e. The molecule has 0 spiro atoms. The van der Waals surface area contributed by atoms with Crippen LogP contribution < -0.4 is 0 Å². The van der Waals surface area contributed by atoms with E-state index in [1.54, 1.807) is 47.6 Å². The largest absolute Gasteiger partial charge is 0.411 e. The fourth-order valence-corrected chi connectivity index (χ4v) is 2.27. The molecule has 0 saturated carbocycles. The highest BCUT2D eigenvalue weighted by Crippen LogP contribution is 2.22. The van der Waals surface area contributed by atoms with Gasteiger partial charge in [-0.1, -0.05) is 17.3 Å². The standard InChI is InChI=1S/C14H12N4O3/c19-13-11-3-1-2-4-12(11)14(20)18(13)8-10(16-21)7-17-6-5-15-9-17/h1-6,9,21H,7-8H2/b16-10+. The zero-order valence-electron chi connectivity index (χ0n) is 11.0. The van der Waals surface area contributed by atoms with Crippen LogP contribution in [0.3, 0.4) is 0 Å². The average Bonchev–Trinajstić information content (AvgIpc) is 3.10. The Morgan fingerprint density at radius 3 is 2.33 bits per heavy atom. The van der Waals surface area contributed by atoms with Crippen molar-refractivity contribution in [3.63, 3.8) is 0 Å². The molecule has 2 heterocycles. The van der Waals surface area contributed by atoms with E-state index < -0.39 is 0 Å². The summed E-state index contributed by atoms with van der Waals surface area (Å²) in [5, 5.41) is 12.3. The number of nitrogens with zero attached hydrogens (tertiary/aromatic N) is 4. The van der Waals surface area contributed by atoms with Gasteiger partial charge in [0.15, 0.2) is 0 Å². The van der Waals surface area contributed by atoms with Crippen molar-refractivity contribution in [2.45, 2.75) is 6.54 Å². The molecule has 7 nitrogen and oxygen atoms in total. The van der Waals surface area contributed by atoms with Crippen LogP contribution in [0.4, 0.5) is 0 Å². The number of hydrogen-bond acceptors (Lipinski definition) is 5. The van der Waals surface area contributed by atoms with Crippen LogP contribution >= 0.6 is 0 Å². The normalized spacial score (nSPS) is 14.7. The fraction of sp³-hybridized carbons (Fsp3) is 0.143. The molecular formula is C14H12N4O3. The van der Waals surface area contributed by atoms with E-state index >= 15 is 0 Å². The van der Waals surface area contributed by atoms with E-state index in [-0.39, 0.29) is 24.9 Å². The molecule has 1 aliphatic heterocycles. The molecule has 106 valence electrons. The van der Waals surface area contributed by atoms with Crippen LogP contribution in [0.5, 0.6) is 0 Å². The van der Waals surface area contributed by atoms with Gasteiger partial charge in [0.25, 0.3) is 11.8 Å². The number of benzene rings is 1. The third-order valence-corrected chi connectivity index (χ3v) is 3.28. The zero-order chi connectivity index (χ0) is 14.8. The Bertz CT molecular complexity index is 687. The highest BCUT2D eigenvalue weighted by molar-refractivity contribution is 6.22. The Labute approximate surface area is 120 Å². The third kappa shape index (κ3) is 2.29. The molecular weight excluding hydrogens is 272 g/mol. The molecule has 3 rings (SSSR count). The maximum absolute atomic E-state index is 12.2. The van der Waals surface area contributed by atoms with E-state index in [2.05, 4.69) is 10.1 Å². The van der Waals surface area contributed by atoms with Crippen LogP contribution in [0.15, 0.2) is 48.1 Å². The predicted octanol–water partition coefficient (Wildman–Crippen LogP) is 1.01. The maximum atomic E-state index is 12.2. The highest BCUT2D eigenvalue weighted by Gasteiger charge is 2.35. The van der Waals surface area contributed by atoms with Gasteiger partial charge in [0.2, 0.25) is 0 Å². The predicted molar refractivity (Wildman–Crippen MR) is 73.3 cm³/mol. The monoisotopic (exact) mass is 284 g/mol. The van der Waals surface area contributed by atoms with Crippen molar-refractivity contribution >= 4 is 17.5 Å². The second-order valence-electron chi connectivity index (χ2n) is 4.64. The molecule has 1 aliphatic rings. The van der Waals surface area contributed by atoms with E-state index in [9.17, 15) is 9.59 Å². The van der Waals surface area contributed by atoms with Crippen molar-refractivity contribution in [2.24, 2.45) is 5.16 Å². The molecule has 1 N–H and O–H groups in total. The SMILES string of the molecule is O=C1c2ccccc2C(=O)N1C/C(Cn1ccnc1)=N/O. The van der Waals surface area contributed by atoms with Gasteiger partial charge in [-0.3, -0.25) is 14.5 Å². The summed E-state index contributed by atoms with van der Waals surface area (Å²) < 4.78 is 1.69. The van der Waals surface area contributed by atoms with Crippen molar-refractivity contribution < 1.29 is 14.8 Å². The minimum atomic E-state index is -0.373. The summed E-state index contributed by atoms with van der Waals surface area (Å²) in [6, 6.07) is 6.64. The number of imidazole rings is 1. The Hall–Kier alpha value is -2.96. The van der Waals surface area contributed by atoms with E-state index in [0.29, 0.717) is 16.8 Å². The average molecular weight is 284 g/mol. The van der Waals surface area contributed by atoms with Gasteiger partial charge < -0.3 is 9.77 Å². The van der Waals surface area contributed by atoms with Crippen molar-refractivity contribution in [3.05, 3.63) is 54.1 Å². The van der Waals surface area contributed by atoms with Gasteiger partial charge in [-0.25, -0.2) is 4.98 Å². The summed E-state index contributed by atoms with van der Waals surface area (Å²) in [5.41, 5.74) is 1.05. The molecule has 0 saturated heterocycles. The lowest BCUT2D eigenvalue weighted by Crippen LogP contribution is -2.36. The van der Waals surface area contributed by atoms with Crippen molar-refractivity contribution in [1.82, 2.24) is 14.5 Å². The summed E-state index contributed by atoms with van der Waals surface area (Å²) in [5.74, 6) is -0.746. The molecule has 0 bridgehead atoms. The first kappa shape index (κ1) is 13.0. The number of imide groups is 1. The number of carbonyl (C=O) groups excluding carboxylic acids is 2. The van der Waals surface area contributed by atoms with Gasteiger partial charge >= 0.3 is 0 Å². The molecule has 0 radical (unpaired) electrons. The lowest BCUT2D eigenvalue weighted by molar-refractivity contribution is 0.0676. The van der Waals surface area contributed by atoms with Gasteiger partial charge in [0.1, 0.15) is 0 Å². The summed E-state index contributed by atoms with van der Waals surface area (Å²) in [4.78, 5) is 29.4. The molecule has 1 aromatic carbocycles. The first-order chi connectivity index (χ1) is 10.2. The summed E-state index contributed by atoms with van der Waals surface area (Å²) >= 11 is 0. The number of oxime groups is 1. The van der Waals surface area contributed by atoms with Crippen molar-refractivity contribution in [2.75, 3.05) is 6.54 Å². The van der Waals surface area contributed by atoms with Gasteiger partial charge in [-0.05, 0) is 12.1 Å². The second kappa shape index (κ2) is 5.20. The Kier molecular flexibility index (Phi) is 3.23. The van der Waals surface area contributed by atoms with Crippen LogP contribution in [0.25, 0.3) is 0 Å². The van der Waals surface area contributed by atoms with E-state index in [1.165, 1.54) is 0 Å². The molecule has 0 unspecified atom stereocenters. The first-order valence-corrected chi connectivity index (χ1v) is 6.31. The van der Waals surface area contributed by atoms with Gasteiger partial charge in [-0.15, -0.1) is 0 Å². The topological polar surface area (TPSA) is 87.8 Å². The molecule has 0 aliphatic carbocycles. The number of carbonyl (C=O) groups is 2. The lowest BCUT2D eigenvalue weighted by Gasteiger charge is -2.14. The highest BCUT2D eigenvalue weighted by atomic mass is 16.4. The quantitative estimate of drug-likeness (QED) is 0.393. The molecule has 0 fully saturated rings. The van der Waals surface area contributed by atoms with Gasteiger partial charge in [-0.2, -0.15) is 0 Å². The molecule has 2 amide bonds. The van der Waals surface area contributed by atoms with Crippen LogP contribution in [0, 0.1) is 0 Å².